The lowest BCUT2D eigenvalue weighted by Gasteiger charge is -2.30. The van der Waals surface area contributed by atoms with E-state index in [4.69, 9.17) is 0 Å². The minimum atomic E-state index is -0.174. The van der Waals surface area contributed by atoms with Gasteiger partial charge in [0.05, 0.1) is 17.8 Å². The van der Waals surface area contributed by atoms with Crippen LogP contribution in [0.15, 0.2) is 24.3 Å². The average Bonchev–Trinajstić information content (AvgIpc) is 2.52. The molecule has 2 amide bonds. The first-order chi connectivity index (χ1) is 8.69. The fourth-order valence-corrected chi connectivity index (χ4v) is 2.40. The van der Waals surface area contributed by atoms with Crippen LogP contribution in [0.3, 0.4) is 0 Å². The van der Waals surface area contributed by atoms with E-state index in [1.54, 1.807) is 11.0 Å². The van der Waals surface area contributed by atoms with Gasteiger partial charge in [-0.2, -0.15) is 0 Å². The van der Waals surface area contributed by atoms with E-state index in [9.17, 15) is 9.59 Å². The third kappa shape index (κ3) is 2.10. The van der Waals surface area contributed by atoms with Crippen molar-refractivity contribution in [3.05, 3.63) is 29.8 Å². The molecular formula is C14H18N2O2. The Morgan fingerprint density at radius 1 is 1.22 bits per heavy atom. The van der Waals surface area contributed by atoms with Gasteiger partial charge in [-0.15, -0.1) is 0 Å². The number of hydrogen-bond donors (Lipinski definition) is 1. The summed E-state index contributed by atoms with van der Waals surface area (Å²) in [7, 11) is 0. The molecule has 0 aromatic heterocycles. The number of hydrogen-bond acceptors (Lipinski definition) is 2. The maximum absolute atomic E-state index is 12.2. The number of benzene rings is 1. The molecule has 1 aromatic carbocycles. The fourth-order valence-electron chi connectivity index (χ4n) is 2.40. The molecule has 4 heteroatoms. The second kappa shape index (κ2) is 5.21. The highest BCUT2D eigenvalue weighted by Crippen LogP contribution is 2.26. The predicted molar refractivity (Wildman–Crippen MR) is 70.6 cm³/mol. The van der Waals surface area contributed by atoms with Crippen molar-refractivity contribution in [2.45, 2.75) is 32.7 Å². The third-order valence-corrected chi connectivity index (χ3v) is 3.38. The molecule has 0 radical (unpaired) electrons. The van der Waals surface area contributed by atoms with E-state index in [0.717, 1.165) is 18.5 Å². The molecule has 0 spiro atoms. The fraction of sp³-hybridized carbons (Fsp3) is 0.429. The summed E-state index contributed by atoms with van der Waals surface area (Å²) in [6, 6.07) is 7.43. The first-order valence-electron chi connectivity index (χ1n) is 6.38. The summed E-state index contributed by atoms with van der Waals surface area (Å²) in [4.78, 5) is 25.9. The Morgan fingerprint density at radius 3 is 2.56 bits per heavy atom. The van der Waals surface area contributed by atoms with E-state index in [2.05, 4.69) is 19.2 Å². The van der Waals surface area contributed by atoms with Crippen LogP contribution >= 0.6 is 0 Å². The predicted octanol–water partition coefficient (Wildman–Crippen LogP) is 1.95. The zero-order chi connectivity index (χ0) is 13.1. The van der Waals surface area contributed by atoms with Gasteiger partial charge in [0.25, 0.3) is 5.91 Å². The van der Waals surface area contributed by atoms with Gasteiger partial charge in [0, 0.05) is 6.04 Å². The summed E-state index contributed by atoms with van der Waals surface area (Å²) in [5.74, 6) is -0.214. The van der Waals surface area contributed by atoms with Crippen LogP contribution in [0.2, 0.25) is 0 Å². The van der Waals surface area contributed by atoms with Gasteiger partial charge in [-0.1, -0.05) is 26.0 Å². The van der Waals surface area contributed by atoms with E-state index < -0.39 is 0 Å². The lowest BCUT2D eigenvalue weighted by Crippen LogP contribution is -2.43. The van der Waals surface area contributed by atoms with Gasteiger partial charge < -0.3 is 10.2 Å². The van der Waals surface area contributed by atoms with Gasteiger partial charge in [-0.3, -0.25) is 9.59 Å². The van der Waals surface area contributed by atoms with Crippen molar-refractivity contribution < 1.29 is 9.59 Å². The number of fused-ring (bicyclic) bond motifs is 1. The van der Waals surface area contributed by atoms with Crippen LogP contribution in [0.1, 0.15) is 37.0 Å². The quantitative estimate of drug-likeness (QED) is 0.886. The van der Waals surface area contributed by atoms with E-state index in [1.165, 1.54) is 0 Å². The van der Waals surface area contributed by atoms with Crippen molar-refractivity contribution >= 4 is 17.5 Å². The Labute approximate surface area is 107 Å². The van der Waals surface area contributed by atoms with Crippen LogP contribution in [0.5, 0.6) is 0 Å². The minimum absolute atomic E-state index is 0.0398. The van der Waals surface area contributed by atoms with Crippen LogP contribution < -0.4 is 10.2 Å². The molecule has 0 unspecified atom stereocenters. The minimum Gasteiger partial charge on any atom is -0.343 e. The molecule has 0 aliphatic carbocycles. The first-order valence-corrected chi connectivity index (χ1v) is 6.38. The maximum Gasteiger partial charge on any atom is 0.253 e. The molecule has 0 saturated heterocycles. The summed E-state index contributed by atoms with van der Waals surface area (Å²) < 4.78 is 0. The van der Waals surface area contributed by atoms with Crippen molar-refractivity contribution in [1.82, 2.24) is 5.32 Å². The molecule has 0 bridgehead atoms. The molecule has 0 fully saturated rings. The molecule has 1 heterocycles. The van der Waals surface area contributed by atoms with Gasteiger partial charge in [-0.25, -0.2) is 0 Å². The van der Waals surface area contributed by atoms with E-state index in [-0.39, 0.29) is 24.4 Å². The average molecular weight is 246 g/mol. The second-order valence-electron chi connectivity index (χ2n) is 4.43. The number of rotatable bonds is 3. The summed E-state index contributed by atoms with van der Waals surface area (Å²) in [6.45, 7) is 4.19. The first kappa shape index (κ1) is 12.6. The molecule has 1 aliphatic rings. The van der Waals surface area contributed by atoms with E-state index in [0.29, 0.717) is 5.56 Å². The lowest BCUT2D eigenvalue weighted by molar-refractivity contribution is -0.118. The molecule has 1 aromatic rings. The van der Waals surface area contributed by atoms with Crippen LogP contribution in [-0.4, -0.2) is 24.4 Å². The van der Waals surface area contributed by atoms with Crippen molar-refractivity contribution in [2.24, 2.45) is 0 Å². The third-order valence-electron chi connectivity index (χ3n) is 3.38. The SMILES string of the molecule is CCC(CC)N1C(=O)CNC(=O)c2ccccc21. The normalized spacial score (nSPS) is 15.4. The molecule has 18 heavy (non-hydrogen) atoms. The molecule has 1 aliphatic heterocycles. The smallest absolute Gasteiger partial charge is 0.253 e. The highest BCUT2D eigenvalue weighted by atomic mass is 16.2. The van der Waals surface area contributed by atoms with Crippen LogP contribution in [0.25, 0.3) is 0 Å². The Balaban J connectivity index is 2.52. The highest BCUT2D eigenvalue weighted by Gasteiger charge is 2.29. The largest absolute Gasteiger partial charge is 0.343 e. The van der Waals surface area contributed by atoms with Gasteiger partial charge in [-0.05, 0) is 25.0 Å². The van der Waals surface area contributed by atoms with Crippen molar-refractivity contribution in [3.8, 4) is 0 Å². The highest BCUT2D eigenvalue weighted by molar-refractivity contribution is 6.09. The number of carbonyl (C=O) groups is 2. The van der Waals surface area contributed by atoms with Crippen LogP contribution in [0, 0.1) is 0 Å². The number of para-hydroxylation sites is 1. The van der Waals surface area contributed by atoms with E-state index in [1.807, 2.05) is 18.2 Å². The zero-order valence-electron chi connectivity index (χ0n) is 10.8. The number of carbonyl (C=O) groups excluding carboxylic acids is 2. The van der Waals surface area contributed by atoms with Gasteiger partial charge in [0.1, 0.15) is 0 Å². The van der Waals surface area contributed by atoms with Crippen LogP contribution in [0.4, 0.5) is 5.69 Å². The molecule has 0 saturated carbocycles. The molecule has 2 rings (SSSR count). The standard InChI is InChI=1S/C14H18N2O2/c1-3-10(4-2)16-12-8-6-5-7-11(12)14(18)15-9-13(16)17/h5-8,10H,3-4,9H2,1-2H3,(H,15,18). The van der Waals surface area contributed by atoms with Crippen LogP contribution in [-0.2, 0) is 4.79 Å². The van der Waals surface area contributed by atoms with Gasteiger partial charge in [0.2, 0.25) is 5.91 Å². The number of nitrogens with one attached hydrogen (secondary N) is 1. The Kier molecular flexibility index (Phi) is 3.65. The molecule has 96 valence electrons. The molecule has 4 nitrogen and oxygen atoms in total. The lowest BCUT2D eigenvalue weighted by atomic mass is 10.1. The van der Waals surface area contributed by atoms with Crippen molar-refractivity contribution in [1.29, 1.82) is 0 Å². The summed E-state index contributed by atoms with van der Waals surface area (Å²) >= 11 is 0. The topological polar surface area (TPSA) is 49.4 Å². The Bertz CT molecular complexity index is 467. The summed E-state index contributed by atoms with van der Waals surface area (Å²) in [5.41, 5.74) is 1.31. The Morgan fingerprint density at radius 2 is 1.89 bits per heavy atom. The number of nitrogens with zero attached hydrogens (tertiary/aromatic N) is 1. The Hall–Kier alpha value is -1.84. The molecular weight excluding hydrogens is 228 g/mol. The molecule has 1 N–H and O–H groups in total. The maximum atomic E-state index is 12.2. The summed E-state index contributed by atoms with van der Waals surface area (Å²) in [5, 5.41) is 2.65. The van der Waals surface area contributed by atoms with E-state index >= 15 is 0 Å². The monoisotopic (exact) mass is 246 g/mol. The van der Waals surface area contributed by atoms with Gasteiger partial charge in [0.15, 0.2) is 0 Å². The zero-order valence-corrected chi connectivity index (χ0v) is 10.8. The summed E-state index contributed by atoms with van der Waals surface area (Å²) in [6.07, 6.45) is 1.76. The number of anilines is 1. The van der Waals surface area contributed by atoms with Crippen molar-refractivity contribution in [3.63, 3.8) is 0 Å². The second-order valence-corrected chi connectivity index (χ2v) is 4.43. The number of amides is 2. The molecule has 0 atom stereocenters. The van der Waals surface area contributed by atoms with Gasteiger partial charge >= 0.3 is 0 Å². The van der Waals surface area contributed by atoms with Crippen molar-refractivity contribution in [2.75, 3.05) is 11.4 Å².